The first-order valence-electron chi connectivity index (χ1n) is 6.88. The van der Waals surface area contributed by atoms with Crippen molar-refractivity contribution in [1.82, 2.24) is 0 Å². The van der Waals surface area contributed by atoms with Crippen molar-refractivity contribution in [3.63, 3.8) is 0 Å². The quantitative estimate of drug-likeness (QED) is 0.589. The average Bonchev–Trinajstić information content (AvgIpc) is 2.35. The summed E-state index contributed by atoms with van der Waals surface area (Å²) in [5, 5.41) is 0. The zero-order valence-electron chi connectivity index (χ0n) is 11.3. The highest BCUT2D eigenvalue weighted by Gasteiger charge is 2.27. The van der Waals surface area contributed by atoms with E-state index in [4.69, 9.17) is 0 Å². The largest absolute Gasteiger partial charge is 0.295 e. The summed E-state index contributed by atoms with van der Waals surface area (Å²) in [7, 11) is 0. The molecular formula is C17H19FO. The summed E-state index contributed by atoms with van der Waals surface area (Å²) in [6, 6.07) is 7.19. The van der Waals surface area contributed by atoms with Gasteiger partial charge < -0.3 is 0 Å². The maximum absolute atomic E-state index is 14.7. The van der Waals surface area contributed by atoms with Crippen LogP contribution in [0.25, 0.3) is 0 Å². The van der Waals surface area contributed by atoms with Gasteiger partial charge in [-0.3, -0.25) is 4.79 Å². The minimum absolute atomic E-state index is 0.0345. The van der Waals surface area contributed by atoms with Crippen LogP contribution < -0.4 is 0 Å². The Morgan fingerprint density at radius 3 is 2.68 bits per heavy atom. The number of rotatable bonds is 3. The van der Waals surface area contributed by atoms with Crippen molar-refractivity contribution in [3.8, 4) is 11.8 Å². The van der Waals surface area contributed by atoms with E-state index in [-0.39, 0.29) is 5.78 Å². The Hall–Kier alpha value is -1.62. The van der Waals surface area contributed by atoms with E-state index in [1.165, 1.54) is 6.92 Å². The fourth-order valence-corrected chi connectivity index (χ4v) is 2.39. The van der Waals surface area contributed by atoms with Gasteiger partial charge in [-0.25, -0.2) is 4.39 Å². The molecule has 2 rings (SSSR count). The Balaban J connectivity index is 2.12. The number of alkyl halides is 1. The molecular weight excluding hydrogens is 239 g/mol. The molecule has 100 valence electrons. The molecule has 0 amide bonds. The lowest BCUT2D eigenvalue weighted by molar-refractivity contribution is 0.101. The topological polar surface area (TPSA) is 17.1 Å². The molecule has 1 unspecified atom stereocenters. The highest BCUT2D eigenvalue weighted by Crippen LogP contribution is 2.26. The van der Waals surface area contributed by atoms with E-state index in [1.807, 2.05) is 12.1 Å². The Kier molecular flexibility index (Phi) is 4.37. The van der Waals surface area contributed by atoms with E-state index in [0.717, 1.165) is 31.2 Å². The van der Waals surface area contributed by atoms with Crippen molar-refractivity contribution in [1.29, 1.82) is 0 Å². The lowest BCUT2D eigenvalue weighted by Gasteiger charge is -2.21. The van der Waals surface area contributed by atoms with Crippen LogP contribution in [0.3, 0.4) is 0 Å². The minimum Gasteiger partial charge on any atom is -0.295 e. The summed E-state index contributed by atoms with van der Waals surface area (Å²) in [5.74, 6) is 5.78. The zero-order chi connectivity index (χ0) is 13.7. The van der Waals surface area contributed by atoms with Crippen LogP contribution in [0.2, 0.25) is 0 Å². The molecule has 1 aromatic carbocycles. The Morgan fingerprint density at radius 2 is 2.00 bits per heavy atom. The van der Waals surface area contributed by atoms with Gasteiger partial charge in [-0.2, -0.15) is 0 Å². The van der Waals surface area contributed by atoms with Gasteiger partial charge in [0.1, 0.15) is 0 Å². The molecule has 0 bridgehead atoms. The second-order valence-corrected chi connectivity index (χ2v) is 5.26. The summed E-state index contributed by atoms with van der Waals surface area (Å²) in [5.41, 5.74) is 0.167. The van der Waals surface area contributed by atoms with Gasteiger partial charge in [0.2, 0.25) is 0 Å². The van der Waals surface area contributed by atoms with Crippen LogP contribution in [0.5, 0.6) is 0 Å². The number of benzene rings is 1. The molecule has 2 heteroatoms. The van der Waals surface area contributed by atoms with Crippen molar-refractivity contribution in [2.75, 3.05) is 0 Å². The summed E-state index contributed by atoms with van der Waals surface area (Å²) in [6.45, 7) is 1.53. The molecule has 1 atom stereocenters. The van der Waals surface area contributed by atoms with E-state index in [1.54, 1.807) is 12.1 Å². The van der Waals surface area contributed by atoms with Crippen LogP contribution in [0.1, 0.15) is 54.9 Å². The molecule has 1 nitrogen and oxygen atoms in total. The average molecular weight is 258 g/mol. The molecule has 0 saturated carbocycles. The van der Waals surface area contributed by atoms with Crippen molar-refractivity contribution >= 4 is 5.78 Å². The van der Waals surface area contributed by atoms with Crippen LogP contribution in [0, 0.1) is 11.8 Å². The second-order valence-electron chi connectivity index (χ2n) is 5.26. The Bertz CT molecular complexity index is 506. The first-order chi connectivity index (χ1) is 9.09. The smallest absolute Gasteiger partial charge is 0.174 e. The standard InChI is InChI=1S/C17H19FO/c1-14(19)16-9-7-15(8-10-16)13-17(18)11-5-3-2-4-6-12-17/h7-10H,2-5,11,13H2,1H3. The third kappa shape index (κ3) is 3.92. The summed E-state index contributed by atoms with van der Waals surface area (Å²) >= 11 is 0. The van der Waals surface area contributed by atoms with Gasteiger partial charge in [0.15, 0.2) is 11.5 Å². The fraction of sp³-hybridized carbons (Fsp3) is 0.471. The molecule has 0 spiro atoms. The molecule has 0 saturated heterocycles. The first kappa shape index (κ1) is 13.8. The van der Waals surface area contributed by atoms with Crippen LogP contribution in [-0.2, 0) is 6.42 Å². The summed E-state index contributed by atoms with van der Waals surface area (Å²) in [4.78, 5) is 11.2. The van der Waals surface area contributed by atoms with E-state index in [9.17, 15) is 9.18 Å². The predicted octanol–water partition coefficient (Wildman–Crippen LogP) is 4.11. The maximum atomic E-state index is 14.7. The molecule has 1 aliphatic rings. The molecule has 0 heterocycles. The van der Waals surface area contributed by atoms with E-state index in [0.29, 0.717) is 18.4 Å². The monoisotopic (exact) mass is 258 g/mol. The van der Waals surface area contributed by atoms with E-state index >= 15 is 0 Å². The zero-order valence-corrected chi connectivity index (χ0v) is 11.3. The Labute approximate surface area is 114 Å². The Morgan fingerprint density at radius 1 is 1.26 bits per heavy atom. The number of hydrogen-bond acceptors (Lipinski definition) is 1. The highest BCUT2D eigenvalue weighted by molar-refractivity contribution is 5.94. The first-order valence-corrected chi connectivity index (χ1v) is 6.88. The van der Waals surface area contributed by atoms with Crippen molar-refractivity contribution < 1.29 is 9.18 Å². The van der Waals surface area contributed by atoms with Gasteiger partial charge in [0.25, 0.3) is 0 Å². The normalized spacial score (nSPS) is 22.8. The predicted molar refractivity (Wildman–Crippen MR) is 74.9 cm³/mol. The lowest BCUT2D eigenvalue weighted by atomic mass is 9.89. The van der Waals surface area contributed by atoms with Crippen LogP contribution in [-0.4, -0.2) is 11.5 Å². The molecule has 0 fully saturated rings. The lowest BCUT2D eigenvalue weighted by Crippen LogP contribution is -2.24. The fourth-order valence-electron chi connectivity index (χ4n) is 2.39. The minimum atomic E-state index is -1.40. The number of carbonyl (C=O) groups is 1. The van der Waals surface area contributed by atoms with Gasteiger partial charge in [0, 0.05) is 18.4 Å². The van der Waals surface area contributed by atoms with Crippen LogP contribution >= 0.6 is 0 Å². The van der Waals surface area contributed by atoms with Crippen molar-refractivity contribution in [3.05, 3.63) is 35.4 Å². The number of Topliss-reactive ketones (excluding diaryl/α,β-unsaturated/α-hetero) is 1. The third-order valence-corrected chi connectivity index (χ3v) is 3.53. The van der Waals surface area contributed by atoms with E-state index in [2.05, 4.69) is 11.8 Å². The maximum Gasteiger partial charge on any atom is 0.174 e. The number of halogens is 1. The van der Waals surface area contributed by atoms with Gasteiger partial charge in [0.05, 0.1) is 0 Å². The van der Waals surface area contributed by atoms with Crippen molar-refractivity contribution in [2.24, 2.45) is 0 Å². The molecule has 0 aromatic heterocycles. The number of ketones is 1. The van der Waals surface area contributed by atoms with E-state index < -0.39 is 5.67 Å². The van der Waals surface area contributed by atoms with Gasteiger partial charge in [-0.05, 0) is 31.7 Å². The highest BCUT2D eigenvalue weighted by atomic mass is 19.1. The van der Waals surface area contributed by atoms with Crippen molar-refractivity contribution in [2.45, 2.75) is 51.1 Å². The molecule has 0 N–H and O–H groups in total. The van der Waals surface area contributed by atoms with Gasteiger partial charge in [-0.1, -0.05) is 42.5 Å². The molecule has 1 aliphatic carbocycles. The van der Waals surface area contributed by atoms with Gasteiger partial charge in [-0.15, -0.1) is 0 Å². The third-order valence-electron chi connectivity index (χ3n) is 3.53. The van der Waals surface area contributed by atoms with Crippen LogP contribution in [0.15, 0.2) is 24.3 Å². The van der Waals surface area contributed by atoms with Gasteiger partial charge >= 0.3 is 0 Å². The summed E-state index contributed by atoms with van der Waals surface area (Å²) in [6.07, 6.45) is 4.66. The number of carbonyl (C=O) groups excluding carboxylic acids is 1. The number of hydrogen-bond donors (Lipinski definition) is 0. The molecule has 19 heavy (non-hydrogen) atoms. The summed E-state index contributed by atoms with van der Waals surface area (Å²) < 4.78 is 14.7. The molecule has 1 aromatic rings. The molecule has 0 radical (unpaired) electrons. The van der Waals surface area contributed by atoms with Crippen LogP contribution in [0.4, 0.5) is 4.39 Å². The molecule has 0 aliphatic heterocycles. The second kappa shape index (κ2) is 6.02. The SMILES string of the molecule is CC(=O)c1ccc(CC2(F)C#CCCCCC2)cc1.